The van der Waals surface area contributed by atoms with Gasteiger partial charge in [0.25, 0.3) is 0 Å². The van der Waals surface area contributed by atoms with Crippen molar-refractivity contribution in [1.82, 2.24) is 10.6 Å². The minimum absolute atomic E-state index is 0.607. The van der Waals surface area contributed by atoms with Gasteiger partial charge in [0, 0.05) is 44.5 Å². The van der Waals surface area contributed by atoms with Gasteiger partial charge in [0.15, 0.2) is 5.96 Å². The zero-order chi connectivity index (χ0) is 17.7. The average Bonchev–Trinajstić information content (AvgIpc) is 2.63. The molecule has 0 aromatic heterocycles. The average molecular weight is 368 g/mol. The maximum Gasteiger partial charge on any atom is 0.191 e. The fourth-order valence-electron chi connectivity index (χ4n) is 2.69. The van der Waals surface area contributed by atoms with Crippen molar-refractivity contribution in [3.63, 3.8) is 0 Å². The molecule has 5 nitrogen and oxygen atoms in total. The molecule has 0 unspecified atom stereocenters. The van der Waals surface area contributed by atoms with Crippen molar-refractivity contribution in [2.75, 3.05) is 39.5 Å². The molecule has 0 atom stereocenters. The number of aliphatic imine (C=N–C) groups is 1. The summed E-state index contributed by atoms with van der Waals surface area (Å²) in [5.74, 6) is 1.49. The first-order valence-corrected chi connectivity index (χ1v) is 9.58. The molecule has 0 aliphatic carbocycles. The first-order valence-electron chi connectivity index (χ1n) is 9.20. The summed E-state index contributed by atoms with van der Waals surface area (Å²) in [4.78, 5) is 4.60. The zero-order valence-corrected chi connectivity index (χ0v) is 15.9. The molecule has 0 bridgehead atoms. The van der Waals surface area contributed by atoms with Crippen molar-refractivity contribution in [1.29, 1.82) is 0 Å². The lowest BCUT2D eigenvalue weighted by Crippen LogP contribution is -2.38. The highest BCUT2D eigenvalue weighted by Gasteiger charge is 2.13. The number of hydrogen-bond acceptors (Lipinski definition) is 3. The normalized spacial score (nSPS) is 16.0. The minimum Gasteiger partial charge on any atom is -0.381 e. The highest BCUT2D eigenvalue weighted by atomic mass is 35.5. The predicted octanol–water partition coefficient (Wildman–Crippen LogP) is 3.23. The molecule has 1 saturated heterocycles. The van der Waals surface area contributed by atoms with Gasteiger partial charge in [-0.25, -0.2) is 4.99 Å². The van der Waals surface area contributed by atoms with E-state index in [9.17, 15) is 0 Å². The van der Waals surface area contributed by atoms with Gasteiger partial charge >= 0.3 is 0 Å². The Morgan fingerprint density at radius 2 is 2.16 bits per heavy atom. The Morgan fingerprint density at radius 1 is 1.32 bits per heavy atom. The van der Waals surface area contributed by atoms with Crippen LogP contribution in [0.2, 0.25) is 5.02 Å². The van der Waals surface area contributed by atoms with E-state index in [-0.39, 0.29) is 0 Å². The van der Waals surface area contributed by atoms with Gasteiger partial charge in [-0.3, -0.25) is 0 Å². The summed E-state index contributed by atoms with van der Waals surface area (Å²) in [5, 5.41) is 7.35. The third-order valence-corrected chi connectivity index (χ3v) is 4.34. The molecular weight excluding hydrogens is 338 g/mol. The summed E-state index contributed by atoms with van der Waals surface area (Å²) < 4.78 is 11.1. The van der Waals surface area contributed by atoms with Gasteiger partial charge in [-0.2, -0.15) is 0 Å². The number of ether oxygens (including phenoxy) is 2. The Balaban J connectivity index is 1.62. The Kier molecular flexibility index (Phi) is 9.70. The number of halogens is 1. The molecule has 0 spiro atoms. The summed E-state index contributed by atoms with van der Waals surface area (Å²) in [5.41, 5.74) is 1.10. The van der Waals surface area contributed by atoms with Gasteiger partial charge in [0.1, 0.15) is 0 Å². The van der Waals surface area contributed by atoms with Crippen LogP contribution in [0.4, 0.5) is 0 Å². The van der Waals surface area contributed by atoms with Crippen molar-refractivity contribution in [3.05, 3.63) is 34.9 Å². The molecule has 0 saturated carbocycles. The monoisotopic (exact) mass is 367 g/mol. The highest BCUT2D eigenvalue weighted by molar-refractivity contribution is 6.30. The predicted molar refractivity (Wildman–Crippen MR) is 103 cm³/mol. The summed E-state index contributed by atoms with van der Waals surface area (Å²) in [6.07, 6.45) is 3.21. The number of nitrogens with zero attached hydrogens (tertiary/aromatic N) is 1. The van der Waals surface area contributed by atoms with Crippen LogP contribution in [-0.4, -0.2) is 45.5 Å². The van der Waals surface area contributed by atoms with Gasteiger partial charge in [0.2, 0.25) is 0 Å². The molecule has 25 heavy (non-hydrogen) atoms. The largest absolute Gasteiger partial charge is 0.381 e. The highest BCUT2D eigenvalue weighted by Crippen LogP contribution is 2.14. The number of hydrogen-bond donors (Lipinski definition) is 2. The quantitative estimate of drug-likeness (QED) is 0.399. The molecule has 1 aliphatic rings. The maximum absolute atomic E-state index is 6.01. The number of rotatable bonds is 9. The number of guanidine groups is 1. The van der Waals surface area contributed by atoms with E-state index in [1.54, 1.807) is 0 Å². The molecule has 6 heteroatoms. The smallest absolute Gasteiger partial charge is 0.191 e. The molecule has 1 aromatic rings. The van der Waals surface area contributed by atoms with Crippen molar-refractivity contribution in [3.8, 4) is 0 Å². The third-order valence-electron chi connectivity index (χ3n) is 4.11. The zero-order valence-electron chi connectivity index (χ0n) is 15.1. The second-order valence-corrected chi connectivity index (χ2v) is 6.67. The Hall–Kier alpha value is -1.30. The summed E-state index contributed by atoms with van der Waals surface area (Å²) in [6.45, 7) is 7.74. The summed E-state index contributed by atoms with van der Waals surface area (Å²) >= 11 is 6.01. The summed E-state index contributed by atoms with van der Waals surface area (Å²) in [7, 11) is 0. The van der Waals surface area contributed by atoms with Gasteiger partial charge < -0.3 is 20.1 Å². The lowest BCUT2D eigenvalue weighted by Gasteiger charge is -2.21. The van der Waals surface area contributed by atoms with Crippen LogP contribution in [0.15, 0.2) is 29.3 Å². The third kappa shape index (κ3) is 8.56. The van der Waals surface area contributed by atoms with E-state index < -0.39 is 0 Å². The van der Waals surface area contributed by atoms with Crippen LogP contribution in [0.5, 0.6) is 0 Å². The maximum atomic E-state index is 6.01. The molecular formula is C19H30ClN3O2. The van der Waals surface area contributed by atoms with Crippen LogP contribution in [-0.2, 0) is 16.0 Å². The Bertz CT molecular complexity index is 519. The van der Waals surface area contributed by atoms with Crippen LogP contribution in [0.1, 0.15) is 31.7 Å². The van der Waals surface area contributed by atoms with E-state index in [1.165, 1.54) is 0 Å². The molecule has 1 aromatic carbocycles. The van der Waals surface area contributed by atoms with Crippen LogP contribution in [0, 0.1) is 5.92 Å². The van der Waals surface area contributed by atoms with E-state index in [4.69, 9.17) is 21.1 Å². The van der Waals surface area contributed by atoms with Crippen LogP contribution >= 0.6 is 11.6 Å². The van der Waals surface area contributed by atoms with Gasteiger partial charge in [-0.1, -0.05) is 23.7 Å². The first-order chi connectivity index (χ1) is 12.3. The standard InChI is InChI=1S/C19H30ClN3O2/c1-2-21-19(23-14-17-5-3-6-18(20)13-17)22-9-4-10-25-15-16-7-11-24-12-8-16/h3,5-6,13,16H,2,4,7-12,14-15H2,1H3,(H2,21,22,23). The molecule has 1 fully saturated rings. The molecule has 140 valence electrons. The van der Waals surface area contributed by atoms with Crippen molar-refractivity contribution in [2.24, 2.45) is 10.9 Å². The van der Waals surface area contributed by atoms with Crippen molar-refractivity contribution >= 4 is 17.6 Å². The van der Waals surface area contributed by atoms with Crippen LogP contribution in [0.25, 0.3) is 0 Å². The molecule has 1 aliphatic heterocycles. The van der Waals surface area contributed by atoms with Crippen molar-refractivity contribution in [2.45, 2.75) is 32.7 Å². The van der Waals surface area contributed by atoms with Crippen LogP contribution in [0.3, 0.4) is 0 Å². The fourth-order valence-corrected chi connectivity index (χ4v) is 2.90. The Morgan fingerprint density at radius 3 is 2.92 bits per heavy atom. The van der Waals surface area contributed by atoms with E-state index >= 15 is 0 Å². The number of benzene rings is 1. The lowest BCUT2D eigenvalue weighted by molar-refractivity contribution is 0.0203. The van der Waals surface area contributed by atoms with E-state index in [0.29, 0.717) is 12.5 Å². The molecule has 2 N–H and O–H groups in total. The first kappa shape index (κ1) is 20.0. The summed E-state index contributed by atoms with van der Waals surface area (Å²) in [6, 6.07) is 7.80. The van der Waals surface area contributed by atoms with Crippen LogP contribution < -0.4 is 10.6 Å². The van der Waals surface area contributed by atoms with Gasteiger partial charge in [-0.15, -0.1) is 0 Å². The topological polar surface area (TPSA) is 54.9 Å². The fraction of sp³-hybridized carbons (Fsp3) is 0.632. The van der Waals surface area contributed by atoms with E-state index in [1.807, 2.05) is 24.3 Å². The van der Waals surface area contributed by atoms with Gasteiger partial charge in [0.05, 0.1) is 6.54 Å². The molecule has 0 radical (unpaired) electrons. The Labute approximate surface area is 156 Å². The minimum atomic E-state index is 0.607. The SMILES string of the molecule is CCNC(=NCc1cccc(Cl)c1)NCCCOCC1CCOCC1. The second-order valence-electron chi connectivity index (χ2n) is 6.24. The van der Waals surface area contributed by atoms with E-state index in [0.717, 1.165) is 75.3 Å². The molecule has 1 heterocycles. The molecule has 0 amide bonds. The lowest BCUT2D eigenvalue weighted by atomic mass is 10.0. The van der Waals surface area contributed by atoms with Gasteiger partial charge in [-0.05, 0) is 49.8 Å². The molecule has 2 rings (SSSR count). The second kappa shape index (κ2) is 12.1. The van der Waals surface area contributed by atoms with Crippen molar-refractivity contribution < 1.29 is 9.47 Å². The number of nitrogens with one attached hydrogen (secondary N) is 2. The van der Waals surface area contributed by atoms with E-state index in [2.05, 4.69) is 22.5 Å².